The highest BCUT2D eigenvalue weighted by Gasteiger charge is 2.18. The highest BCUT2D eigenvalue weighted by atomic mass is 16.4. The van der Waals surface area contributed by atoms with Crippen LogP contribution >= 0.6 is 0 Å². The van der Waals surface area contributed by atoms with E-state index in [-0.39, 0.29) is 18.5 Å². The van der Waals surface area contributed by atoms with E-state index in [1.165, 1.54) is 0 Å². The van der Waals surface area contributed by atoms with Crippen molar-refractivity contribution < 1.29 is 14.7 Å². The quantitative estimate of drug-likeness (QED) is 0.667. The van der Waals surface area contributed by atoms with Crippen molar-refractivity contribution in [1.29, 1.82) is 0 Å². The van der Waals surface area contributed by atoms with Crippen molar-refractivity contribution in [3.8, 4) is 0 Å². The Kier molecular flexibility index (Phi) is 9.06. The van der Waals surface area contributed by atoms with E-state index < -0.39 is 5.97 Å². The number of amides is 2. The second-order valence-electron chi connectivity index (χ2n) is 4.52. The Morgan fingerprint density at radius 1 is 1.11 bits per heavy atom. The van der Waals surface area contributed by atoms with Gasteiger partial charge in [-0.2, -0.15) is 0 Å². The Morgan fingerprint density at radius 2 is 1.67 bits per heavy atom. The molecule has 1 unspecified atom stereocenters. The van der Waals surface area contributed by atoms with Crippen LogP contribution in [0, 0.1) is 0 Å². The van der Waals surface area contributed by atoms with E-state index in [1.54, 1.807) is 4.90 Å². The van der Waals surface area contributed by atoms with E-state index >= 15 is 0 Å². The Labute approximate surface area is 110 Å². The average molecular weight is 258 g/mol. The minimum Gasteiger partial charge on any atom is -0.481 e. The summed E-state index contributed by atoms with van der Waals surface area (Å²) in [5.74, 6) is -0.869. The minimum atomic E-state index is -0.869. The first-order valence-corrected chi connectivity index (χ1v) is 6.82. The first-order valence-electron chi connectivity index (χ1n) is 6.82. The van der Waals surface area contributed by atoms with Crippen LogP contribution in [0.2, 0.25) is 0 Å². The topological polar surface area (TPSA) is 69.6 Å². The highest BCUT2D eigenvalue weighted by molar-refractivity contribution is 5.75. The molecule has 0 aliphatic heterocycles. The third-order valence-corrected chi connectivity index (χ3v) is 2.66. The number of carboxylic acid groups (broad SMARTS) is 1. The van der Waals surface area contributed by atoms with Crippen LogP contribution in [0.4, 0.5) is 4.79 Å². The first-order chi connectivity index (χ1) is 8.54. The molecule has 0 aromatic heterocycles. The minimum absolute atomic E-state index is 0.00826. The number of carbonyl (C=O) groups excluding carboxylic acids is 1. The molecule has 2 amide bonds. The van der Waals surface area contributed by atoms with Gasteiger partial charge in [-0.05, 0) is 19.3 Å². The fourth-order valence-corrected chi connectivity index (χ4v) is 1.91. The standard InChI is InChI=1S/C13H26N2O3/c1-4-7-11(10-12(16)17)14-13(18)15(8-5-2)9-6-3/h11H,4-10H2,1-3H3,(H,14,18)(H,16,17). The summed E-state index contributed by atoms with van der Waals surface area (Å²) >= 11 is 0. The van der Waals surface area contributed by atoms with Gasteiger partial charge in [0.15, 0.2) is 0 Å². The van der Waals surface area contributed by atoms with Gasteiger partial charge in [0.1, 0.15) is 0 Å². The molecule has 18 heavy (non-hydrogen) atoms. The molecule has 0 radical (unpaired) electrons. The van der Waals surface area contributed by atoms with Crippen LogP contribution < -0.4 is 5.32 Å². The molecule has 0 spiro atoms. The lowest BCUT2D eigenvalue weighted by Gasteiger charge is -2.25. The molecule has 106 valence electrons. The molecule has 2 N–H and O–H groups in total. The molecule has 0 bridgehead atoms. The van der Waals surface area contributed by atoms with Gasteiger partial charge in [0.05, 0.1) is 6.42 Å². The van der Waals surface area contributed by atoms with Gasteiger partial charge in [-0.1, -0.05) is 27.2 Å². The molecular weight excluding hydrogens is 232 g/mol. The van der Waals surface area contributed by atoms with Crippen LogP contribution in [-0.4, -0.2) is 41.1 Å². The summed E-state index contributed by atoms with van der Waals surface area (Å²) < 4.78 is 0. The SMILES string of the molecule is CCCC(CC(=O)O)NC(=O)N(CCC)CCC. The summed E-state index contributed by atoms with van der Waals surface area (Å²) in [4.78, 5) is 24.5. The van der Waals surface area contributed by atoms with Gasteiger partial charge in [0, 0.05) is 19.1 Å². The average Bonchev–Trinajstić information content (AvgIpc) is 2.28. The van der Waals surface area contributed by atoms with Gasteiger partial charge in [-0.25, -0.2) is 4.79 Å². The number of carbonyl (C=O) groups is 2. The van der Waals surface area contributed by atoms with E-state index in [2.05, 4.69) is 5.32 Å². The van der Waals surface area contributed by atoms with Crippen molar-refractivity contribution in [3.63, 3.8) is 0 Å². The number of rotatable bonds is 9. The van der Waals surface area contributed by atoms with Crippen molar-refractivity contribution in [2.75, 3.05) is 13.1 Å². The highest BCUT2D eigenvalue weighted by Crippen LogP contribution is 2.04. The summed E-state index contributed by atoms with van der Waals surface area (Å²) in [7, 11) is 0. The maximum atomic E-state index is 12.0. The van der Waals surface area contributed by atoms with Gasteiger partial charge >= 0.3 is 12.0 Å². The first kappa shape index (κ1) is 16.7. The van der Waals surface area contributed by atoms with Crippen molar-refractivity contribution >= 4 is 12.0 Å². The number of carboxylic acids is 1. The number of aliphatic carboxylic acids is 1. The van der Waals surface area contributed by atoms with Crippen LogP contribution in [0.5, 0.6) is 0 Å². The van der Waals surface area contributed by atoms with E-state index in [1.807, 2.05) is 20.8 Å². The Bertz CT molecular complexity index is 251. The molecule has 5 heteroatoms. The molecule has 0 fully saturated rings. The Morgan fingerprint density at radius 3 is 2.06 bits per heavy atom. The van der Waals surface area contributed by atoms with E-state index in [4.69, 9.17) is 5.11 Å². The Hall–Kier alpha value is -1.26. The predicted molar refractivity (Wildman–Crippen MR) is 71.6 cm³/mol. The number of hydrogen-bond acceptors (Lipinski definition) is 2. The molecule has 0 rings (SSSR count). The Balaban J connectivity index is 4.38. The normalized spacial score (nSPS) is 11.9. The summed E-state index contributed by atoms with van der Waals surface area (Å²) in [5.41, 5.74) is 0. The summed E-state index contributed by atoms with van der Waals surface area (Å²) in [6.07, 6.45) is 3.37. The van der Waals surface area contributed by atoms with Gasteiger partial charge in [0.25, 0.3) is 0 Å². The molecule has 0 aromatic rings. The fourth-order valence-electron chi connectivity index (χ4n) is 1.91. The second-order valence-corrected chi connectivity index (χ2v) is 4.52. The zero-order chi connectivity index (χ0) is 14.0. The third kappa shape index (κ3) is 7.14. The smallest absolute Gasteiger partial charge is 0.317 e. The maximum absolute atomic E-state index is 12.0. The van der Waals surface area contributed by atoms with Crippen molar-refractivity contribution in [1.82, 2.24) is 10.2 Å². The lowest BCUT2D eigenvalue weighted by molar-refractivity contribution is -0.137. The molecule has 0 saturated carbocycles. The molecule has 0 aliphatic carbocycles. The summed E-state index contributed by atoms with van der Waals surface area (Å²) in [6.45, 7) is 7.46. The van der Waals surface area contributed by atoms with Gasteiger partial charge in [-0.3, -0.25) is 4.79 Å². The van der Waals surface area contributed by atoms with Gasteiger partial charge < -0.3 is 15.3 Å². The summed E-state index contributed by atoms with van der Waals surface area (Å²) in [6, 6.07) is -0.408. The number of nitrogens with one attached hydrogen (secondary N) is 1. The summed E-state index contributed by atoms with van der Waals surface area (Å²) in [5, 5.41) is 11.6. The van der Waals surface area contributed by atoms with E-state index in [9.17, 15) is 9.59 Å². The maximum Gasteiger partial charge on any atom is 0.317 e. The molecule has 0 saturated heterocycles. The molecule has 5 nitrogen and oxygen atoms in total. The van der Waals surface area contributed by atoms with Crippen molar-refractivity contribution in [3.05, 3.63) is 0 Å². The molecule has 0 aromatic carbocycles. The predicted octanol–water partition coefficient (Wildman–Crippen LogP) is 2.46. The molecule has 1 atom stereocenters. The number of nitrogens with zero attached hydrogens (tertiary/aromatic N) is 1. The largest absolute Gasteiger partial charge is 0.481 e. The second kappa shape index (κ2) is 9.74. The van der Waals surface area contributed by atoms with Gasteiger partial charge in [0.2, 0.25) is 0 Å². The molecule has 0 aliphatic rings. The lowest BCUT2D eigenvalue weighted by Crippen LogP contribution is -2.46. The van der Waals surface area contributed by atoms with Crippen molar-refractivity contribution in [2.24, 2.45) is 0 Å². The van der Waals surface area contributed by atoms with E-state index in [0.717, 1.165) is 19.3 Å². The van der Waals surface area contributed by atoms with Crippen LogP contribution in [0.1, 0.15) is 52.9 Å². The zero-order valence-electron chi connectivity index (χ0n) is 11.7. The van der Waals surface area contributed by atoms with Crippen LogP contribution in [0.3, 0.4) is 0 Å². The van der Waals surface area contributed by atoms with Crippen LogP contribution in [0.25, 0.3) is 0 Å². The number of urea groups is 1. The fraction of sp³-hybridized carbons (Fsp3) is 0.846. The van der Waals surface area contributed by atoms with Gasteiger partial charge in [-0.15, -0.1) is 0 Å². The van der Waals surface area contributed by atoms with Crippen LogP contribution in [0.15, 0.2) is 0 Å². The molecular formula is C13H26N2O3. The number of hydrogen-bond donors (Lipinski definition) is 2. The zero-order valence-corrected chi connectivity index (χ0v) is 11.7. The third-order valence-electron chi connectivity index (χ3n) is 2.66. The van der Waals surface area contributed by atoms with Crippen LogP contribution in [-0.2, 0) is 4.79 Å². The lowest BCUT2D eigenvalue weighted by atomic mass is 10.1. The van der Waals surface area contributed by atoms with E-state index in [0.29, 0.717) is 19.5 Å². The monoisotopic (exact) mass is 258 g/mol. The van der Waals surface area contributed by atoms with Crippen molar-refractivity contribution in [2.45, 2.75) is 58.9 Å². The molecule has 0 heterocycles.